The molecule has 0 N–H and O–H groups in total. The molecule has 1 aromatic carbocycles. The predicted molar refractivity (Wildman–Crippen MR) is 67.6 cm³/mol. The molecule has 0 radical (unpaired) electrons. The molecule has 0 saturated heterocycles. The first-order chi connectivity index (χ1) is 8.12. The zero-order valence-electron chi connectivity index (χ0n) is 10.1. The van der Waals surface area contributed by atoms with E-state index < -0.39 is 0 Å². The van der Waals surface area contributed by atoms with Gasteiger partial charge in [-0.1, -0.05) is 30.4 Å². The fourth-order valence-corrected chi connectivity index (χ4v) is 2.87. The van der Waals surface area contributed by atoms with Gasteiger partial charge in [-0.05, 0) is 31.6 Å². The molecule has 1 aromatic rings. The predicted octanol–water partition coefficient (Wildman–Crippen LogP) is 2.92. The summed E-state index contributed by atoms with van der Waals surface area (Å²) in [6.45, 7) is 4.11. The molecule has 2 nitrogen and oxygen atoms in total. The molecule has 0 saturated carbocycles. The van der Waals surface area contributed by atoms with Crippen molar-refractivity contribution in [2.75, 3.05) is 0 Å². The van der Waals surface area contributed by atoms with Crippen molar-refractivity contribution in [2.24, 2.45) is 0 Å². The van der Waals surface area contributed by atoms with Crippen molar-refractivity contribution in [1.29, 1.82) is 0 Å². The lowest BCUT2D eigenvalue weighted by molar-refractivity contribution is 0.0653. The van der Waals surface area contributed by atoms with Gasteiger partial charge in [-0.3, -0.25) is 4.79 Å². The molecule has 0 aromatic heterocycles. The van der Waals surface area contributed by atoms with Gasteiger partial charge in [-0.15, -0.1) is 0 Å². The third-order valence-electron chi connectivity index (χ3n) is 3.66. The van der Waals surface area contributed by atoms with Gasteiger partial charge < -0.3 is 4.90 Å². The number of carbonyl (C=O) groups excluding carboxylic acids is 1. The van der Waals surface area contributed by atoms with E-state index in [1.165, 1.54) is 0 Å². The molecule has 1 unspecified atom stereocenters. The zero-order valence-corrected chi connectivity index (χ0v) is 10.1. The average molecular weight is 225 g/mol. The number of carbonyl (C=O) groups is 1. The summed E-state index contributed by atoms with van der Waals surface area (Å²) in [6.07, 6.45) is 7.05. The molecule has 0 fully saturated rings. The Kier molecular flexibility index (Phi) is 2.02. The summed E-state index contributed by atoms with van der Waals surface area (Å²) in [5.74, 6) is 0.118. The maximum atomic E-state index is 12.5. The van der Waals surface area contributed by atoms with Gasteiger partial charge in [0.05, 0.1) is 5.54 Å². The number of fused-ring (bicyclic) bond motifs is 2. The Morgan fingerprint density at radius 3 is 2.88 bits per heavy atom. The van der Waals surface area contributed by atoms with Crippen molar-refractivity contribution in [3.63, 3.8) is 0 Å². The first-order valence-electron chi connectivity index (χ1n) is 5.90. The number of allylic oxidation sites excluding steroid dienone is 3. The molecule has 3 rings (SSSR count). The van der Waals surface area contributed by atoms with E-state index in [1.807, 2.05) is 42.2 Å². The van der Waals surface area contributed by atoms with Crippen LogP contribution in [-0.2, 0) is 6.42 Å². The van der Waals surface area contributed by atoms with Crippen LogP contribution < -0.4 is 0 Å². The summed E-state index contributed by atoms with van der Waals surface area (Å²) in [4.78, 5) is 14.4. The minimum atomic E-state index is -0.204. The maximum absolute atomic E-state index is 12.5. The normalized spacial score (nSPS) is 26.4. The standard InChI is InChI=1S/C15H15NO/c1-11-6-5-9-15(2)10-12-7-3-4-8-13(12)14(17)16(11)15/h3-9H,10H2,1-2H3. The van der Waals surface area contributed by atoms with Crippen molar-refractivity contribution in [3.05, 3.63) is 59.3 Å². The number of amides is 1. The minimum absolute atomic E-state index is 0.118. The molecular weight excluding hydrogens is 210 g/mol. The lowest BCUT2D eigenvalue weighted by Gasteiger charge is -2.45. The Morgan fingerprint density at radius 1 is 1.29 bits per heavy atom. The first kappa shape index (κ1) is 10.3. The van der Waals surface area contributed by atoms with Crippen molar-refractivity contribution in [1.82, 2.24) is 4.90 Å². The Labute approximate surface area is 101 Å². The minimum Gasteiger partial charge on any atom is -0.303 e. The van der Waals surface area contributed by atoms with Gasteiger partial charge in [0.1, 0.15) is 0 Å². The molecule has 2 aliphatic heterocycles. The molecule has 1 atom stereocenters. The fraction of sp³-hybridized carbons (Fsp3) is 0.267. The summed E-state index contributed by atoms with van der Waals surface area (Å²) in [5.41, 5.74) is 2.81. The van der Waals surface area contributed by atoms with Crippen LogP contribution in [0.4, 0.5) is 0 Å². The topological polar surface area (TPSA) is 20.3 Å². The van der Waals surface area contributed by atoms with Gasteiger partial charge in [0, 0.05) is 17.7 Å². The number of hydrogen-bond acceptors (Lipinski definition) is 1. The maximum Gasteiger partial charge on any atom is 0.259 e. The second-order valence-electron chi connectivity index (χ2n) is 5.00. The molecule has 0 aliphatic carbocycles. The van der Waals surface area contributed by atoms with E-state index in [4.69, 9.17) is 0 Å². The highest BCUT2D eigenvalue weighted by molar-refractivity contribution is 5.99. The van der Waals surface area contributed by atoms with Crippen molar-refractivity contribution >= 4 is 5.91 Å². The van der Waals surface area contributed by atoms with E-state index in [9.17, 15) is 4.79 Å². The Balaban J connectivity index is 2.19. The largest absolute Gasteiger partial charge is 0.303 e. The molecule has 2 heteroatoms. The Hall–Kier alpha value is -1.83. The van der Waals surface area contributed by atoms with E-state index in [2.05, 4.69) is 19.1 Å². The number of nitrogens with zero attached hydrogens (tertiary/aromatic N) is 1. The van der Waals surface area contributed by atoms with Crippen LogP contribution in [0.1, 0.15) is 29.8 Å². The van der Waals surface area contributed by atoms with Crippen molar-refractivity contribution in [2.45, 2.75) is 25.8 Å². The van der Waals surface area contributed by atoms with E-state index in [-0.39, 0.29) is 11.4 Å². The highest BCUT2D eigenvalue weighted by Crippen LogP contribution is 2.36. The Bertz CT molecular complexity index is 556. The zero-order chi connectivity index (χ0) is 12.0. The van der Waals surface area contributed by atoms with Gasteiger partial charge in [0.2, 0.25) is 0 Å². The van der Waals surface area contributed by atoms with Gasteiger partial charge in [0.25, 0.3) is 5.91 Å². The second-order valence-corrected chi connectivity index (χ2v) is 5.00. The van der Waals surface area contributed by atoms with Gasteiger partial charge >= 0.3 is 0 Å². The molecule has 17 heavy (non-hydrogen) atoms. The van der Waals surface area contributed by atoms with Crippen LogP contribution in [0.5, 0.6) is 0 Å². The van der Waals surface area contributed by atoms with Crippen LogP contribution in [0.15, 0.2) is 48.2 Å². The van der Waals surface area contributed by atoms with Crippen LogP contribution >= 0.6 is 0 Å². The quantitative estimate of drug-likeness (QED) is 0.664. The summed E-state index contributed by atoms with van der Waals surface area (Å²) in [6, 6.07) is 7.90. The number of rotatable bonds is 0. The van der Waals surface area contributed by atoms with Crippen molar-refractivity contribution in [3.8, 4) is 0 Å². The SMILES string of the molecule is CC1=CC=CC2(C)Cc3ccccc3C(=O)N12. The summed E-state index contributed by atoms with van der Waals surface area (Å²) in [7, 11) is 0. The fourth-order valence-electron chi connectivity index (χ4n) is 2.87. The van der Waals surface area contributed by atoms with Gasteiger partial charge in [-0.25, -0.2) is 0 Å². The smallest absolute Gasteiger partial charge is 0.259 e. The van der Waals surface area contributed by atoms with Gasteiger partial charge in [0.15, 0.2) is 0 Å². The van der Waals surface area contributed by atoms with E-state index in [1.54, 1.807) is 0 Å². The molecule has 2 heterocycles. The lowest BCUT2D eigenvalue weighted by atomic mass is 9.81. The second kappa shape index (κ2) is 3.33. The van der Waals surface area contributed by atoms with Crippen LogP contribution in [-0.4, -0.2) is 16.3 Å². The van der Waals surface area contributed by atoms with Gasteiger partial charge in [-0.2, -0.15) is 0 Å². The first-order valence-corrected chi connectivity index (χ1v) is 5.90. The number of benzene rings is 1. The average Bonchev–Trinajstić information content (AvgIpc) is 2.28. The summed E-state index contributed by atoms with van der Waals surface area (Å²) >= 11 is 0. The highest BCUT2D eigenvalue weighted by Gasteiger charge is 2.41. The molecule has 1 amide bonds. The van der Waals surface area contributed by atoms with E-state index in [0.29, 0.717) is 0 Å². The monoisotopic (exact) mass is 225 g/mol. The summed E-state index contributed by atoms with van der Waals surface area (Å²) in [5, 5.41) is 0. The van der Waals surface area contributed by atoms with Crippen LogP contribution in [0.2, 0.25) is 0 Å². The summed E-state index contributed by atoms with van der Waals surface area (Å²) < 4.78 is 0. The molecule has 2 aliphatic rings. The van der Waals surface area contributed by atoms with E-state index >= 15 is 0 Å². The van der Waals surface area contributed by atoms with Crippen LogP contribution in [0.25, 0.3) is 0 Å². The highest BCUT2D eigenvalue weighted by atomic mass is 16.2. The molecule has 86 valence electrons. The Morgan fingerprint density at radius 2 is 2.06 bits per heavy atom. The lowest BCUT2D eigenvalue weighted by Crippen LogP contribution is -2.53. The van der Waals surface area contributed by atoms with Crippen molar-refractivity contribution < 1.29 is 4.79 Å². The third-order valence-corrected chi connectivity index (χ3v) is 3.66. The third kappa shape index (κ3) is 1.37. The van der Waals surface area contributed by atoms with Crippen LogP contribution in [0.3, 0.4) is 0 Å². The van der Waals surface area contributed by atoms with E-state index in [0.717, 1.165) is 23.2 Å². The molecule has 0 spiro atoms. The van der Waals surface area contributed by atoms with Crippen LogP contribution in [0, 0.1) is 0 Å². The molecular formula is C15H15NO. The number of hydrogen-bond donors (Lipinski definition) is 0. The molecule has 0 bridgehead atoms.